The molecule has 0 unspecified atom stereocenters. The largest absolute Gasteiger partial charge is 0.401 e. The van der Waals surface area contributed by atoms with Gasteiger partial charge in [0.25, 0.3) is 0 Å². The number of allylic oxidation sites excluding steroid dienone is 3. The molecular weight excluding hydrogens is 372 g/mol. The fourth-order valence-corrected chi connectivity index (χ4v) is 4.54. The first-order valence-electron chi connectivity index (χ1n) is 10.4. The van der Waals surface area contributed by atoms with Gasteiger partial charge in [0.1, 0.15) is 11.6 Å². The molecule has 1 aliphatic carbocycles. The Hall–Kier alpha value is -2.37. The van der Waals surface area contributed by atoms with E-state index < -0.39 is 11.6 Å². The summed E-state index contributed by atoms with van der Waals surface area (Å²) < 4.78 is 28.4. The van der Waals surface area contributed by atoms with Crippen LogP contribution in [-0.4, -0.2) is 5.91 Å². The molecule has 1 aliphatic rings. The van der Waals surface area contributed by atoms with Crippen LogP contribution in [0.3, 0.4) is 0 Å². The average Bonchev–Trinajstić information content (AvgIpc) is 2.68. The molecule has 0 saturated carbocycles. The second-order valence-electron chi connectivity index (χ2n) is 8.05. The normalized spacial score (nSPS) is 23.9. The highest BCUT2D eigenvalue weighted by Gasteiger charge is 2.40. The summed E-state index contributed by atoms with van der Waals surface area (Å²) in [4.78, 5) is 11.9. The summed E-state index contributed by atoms with van der Waals surface area (Å²) in [7, 11) is 0. The van der Waals surface area contributed by atoms with Crippen molar-refractivity contribution >= 4 is 11.6 Å². The third-order valence-electron chi connectivity index (χ3n) is 6.56. The summed E-state index contributed by atoms with van der Waals surface area (Å²) in [6, 6.07) is 3.68. The lowest BCUT2D eigenvalue weighted by Gasteiger charge is -2.43. The molecule has 0 radical (unpaired) electrons. The molecule has 0 spiro atoms. The molecule has 0 heterocycles. The van der Waals surface area contributed by atoms with E-state index >= 15 is 0 Å². The second-order valence-corrected chi connectivity index (χ2v) is 8.05. The third-order valence-corrected chi connectivity index (χ3v) is 6.56. The van der Waals surface area contributed by atoms with E-state index in [-0.39, 0.29) is 34.4 Å². The summed E-state index contributed by atoms with van der Waals surface area (Å²) in [6.45, 7) is 6.05. The Bertz CT molecular complexity index is 798. The van der Waals surface area contributed by atoms with Gasteiger partial charge in [-0.1, -0.05) is 26.8 Å². The van der Waals surface area contributed by atoms with Crippen molar-refractivity contribution < 1.29 is 13.6 Å². The van der Waals surface area contributed by atoms with Crippen LogP contribution in [0, 0.1) is 28.9 Å². The van der Waals surface area contributed by atoms with Crippen LogP contribution in [0.1, 0.15) is 64.9 Å². The molecular formula is C23H33F2N3O. The number of hydrogen-bond donors (Lipinski definition) is 3. The van der Waals surface area contributed by atoms with Crippen molar-refractivity contribution in [2.75, 3.05) is 0 Å². The molecule has 0 saturated heterocycles. The SMILES string of the molecule is CC[C@@H](C[C@@]1(CC)CC[C@H](CC)C(/C=C(\N)c2c(F)cccc2F)=C1N)C(N)=O. The third kappa shape index (κ3) is 4.62. The summed E-state index contributed by atoms with van der Waals surface area (Å²) in [5, 5.41) is 0. The van der Waals surface area contributed by atoms with Crippen molar-refractivity contribution in [1.29, 1.82) is 0 Å². The Kier molecular flexibility index (Phi) is 7.44. The quantitative estimate of drug-likeness (QED) is 0.590. The van der Waals surface area contributed by atoms with Gasteiger partial charge < -0.3 is 17.2 Å². The number of carbonyl (C=O) groups excluding carboxylic acids is 1. The average molecular weight is 406 g/mol. The monoisotopic (exact) mass is 405 g/mol. The molecule has 4 nitrogen and oxygen atoms in total. The highest BCUT2D eigenvalue weighted by atomic mass is 19.1. The minimum atomic E-state index is -0.705. The van der Waals surface area contributed by atoms with Crippen molar-refractivity contribution in [2.45, 2.75) is 59.3 Å². The van der Waals surface area contributed by atoms with Gasteiger partial charge in [-0.3, -0.25) is 4.79 Å². The van der Waals surface area contributed by atoms with Gasteiger partial charge in [0.2, 0.25) is 5.91 Å². The number of benzene rings is 1. The molecule has 1 aromatic carbocycles. The zero-order valence-corrected chi connectivity index (χ0v) is 17.6. The molecule has 1 aromatic rings. The Balaban J connectivity index is 2.58. The van der Waals surface area contributed by atoms with Crippen LogP contribution in [0.2, 0.25) is 0 Å². The Morgan fingerprint density at radius 3 is 2.34 bits per heavy atom. The lowest BCUT2D eigenvalue weighted by Crippen LogP contribution is -2.39. The van der Waals surface area contributed by atoms with Crippen molar-refractivity contribution in [1.82, 2.24) is 0 Å². The molecule has 29 heavy (non-hydrogen) atoms. The van der Waals surface area contributed by atoms with E-state index in [1.165, 1.54) is 18.2 Å². The van der Waals surface area contributed by atoms with E-state index in [1.807, 2.05) is 13.8 Å². The lowest BCUT2D eigenvalue weighted by molar-refractivity contribution is -0.122. The number of carbonyl (C=O) groups is 1. The molecule has 160 valence electrons. The van der Waals surface area contributed by atoms with Gasteiger partial charge in [0.15, 0.2) is 0 Å². The van der Waals surface area contributed by atoms with Crippen molar-refractivity contribution in [3.05, 3.63) is 52.7 Å². The zero-order valence-electron chi connectivity index (χ0n) is 17.6. The molecule has 0 fully saturated rings. The summed E-state index contributed by atoms with van der Waals surface area (Å²) in [6.07, 6.45) is 6.16. The van der Waals surface area contributed by atoms with Gasteiger partial charge in [0.05, 0.1) is 5.56 Å². The predicted octanol–water partition coefficient (Wildman–Crippen LogP) is 4.60. The van der Waals surface area contributed by atoms with Gasteiger partial charge in [-0.05, 0) is 68.2 Å². The Morgan fingerprint density at radius 2 is 1.86 bits per heavy atom. The molecule has 0 aromatic heterocycles. The number of hydrogen-bond acceptors (Lipinski definition) is 3. The fourth-order valence-electron chi connectivity index (χ4n) is 4.54. The molecule has 0 bridgehead atoms. The molecule has 0 aliphatic heterocycles. The van der Waals surface area contributed by atoms with Crippen LogP contribution in [0.5, 0.6) is 0 Å². The van der Waals surface area contributed by atoms with Crippen LogP contribution in [-0.2, 0) is 4.79 Å². The van der Waals surface area contributed by atoms with E-state index in [1.54, 1.807) is 6.08 Å². The van der Waals surface area contributed by atoms with E-state index in [0.29, 0.717) is 18.5 Å². The van der Waals surface area contributed by atoms with E-state index in [4.69, 9.17) is 17.2 Å². The maximum absolute atomic E-state index is 14.2. The van der Waals surface area contributed by atoms with Crippen molar-refractivity contribution in [2.24, 2.45) is 34.5 Å². The topological polar surface area (TPSA) is 95.1 Å². The van der Waals surface area contributed by atoms with E-state index in [0.717, 1.165) is 31.3 Å². The van der Waals surface area contributed by atoms with Gasteiger partial charge in [-0.15, -0.1) is 0 Å². The number of amides is 1. The summed E-state index contributed by atoms with van der Waals surface area (Å²) in [5.74, 6) is -1.85. The van der Waals surface area contributed by atoms with Crippen molar-refractivity contribution in [3.63, 3.8) is 0 Å². The first-order chi connectivity index (χ1) is 13.7. The molecule has 3 atom stereocenters. The first kappa shape index (κ1) is 22.9. The first-order valence-corrected chi connectivity index (χ1v) is 10.4. The van der Waals surface area contributed by atoms with Crippen LogP contribution < -0.4 is 17.2 Å². The van der Waals surface area contributed by atoms with E-state index in [2.05, 4.69) is 6.92 Å². The summed E-state index contributed by atoms with van der Waals surface area (Å²) >= 11 is 0. The second kappa shape index (κ2) is 9.42. The minimum absolute atomic E-state index is 0.0193. The number of primary amides is 1. The fraction of sp³-hybridized carbons (Fsp3) is 0.522. The standard InChI is InChI=1S/C23H33F2N3O/c1-4-14-10-11-23(6-3,13-15(5-2)22(28)29)21(27)16(14)12-19(26)20-17(24)8-7-9-18(20)25/h7-9,12,14-15H,4-6,10-11,13,26-27H2,1-3H3,(H2,28,29)/b19-12-/t14-,15-,23+/m0/s1. The van der Waals surface area contributed by atoms with Crippen molar-refractivity contribution in [3.8, 4) is 0 Å². The smallest absolute Gasteiger partial charge is 0.220 e. The number of rotatable bonds is 8. The van der Waals surface area contributed by atoms with Gasteiger partial charge >= 0.3 is 0 Å². The zero-order chi connectivity index (χ0) is 21.8. The Morgan fingerprint density at radius 1 is 1.24 bits per heavy atom. The van der Waals surface area contributed by atoms with Gasteiger partial charge in [-0.2, -0.15) is 0 Å². The molecule has 2 rings (SSSR count). The summed E-state index contributed by atoms with van der Waals surface area (Å²) in [5.41, 5.74) is 19.3. The van der Waals surface area contributed by atoms with Gasteiger partial charge in [-0.25, -0.2) is 8.78 Å². The van der Waals surface area contributed by atoms with E-state index in [9.17, 15) is 13.6 Å². The minimum Gasteiger partial charge on any atom is -0.401 e. The molecule has 6 heteroatoms. The van der Waals surface area contributed by atoms with Crippen LogP contribution >= 0.6 is 0 Å². The maximum atomic E-state index is 14.2. The Labute approximate surface area is 172 Å². The maximum Gasteiger partial charge on any atom is 0.220 e. The van der Waals surface area contributed by atoms with Gasteiger partial charge in [0, 0.05) is 22.7 Å². The van der Waals surface area contributed by atoms with Crippen LogP contribution in [0.15, 0.2) is 35.5 Å². The number of halogens is 2. The molecule has 1 amide bonds. The van der Waals surface area contributed by atoms with Crippen LogP contribution in [0.25, 0.3) is 5.70 Å². The van der Waals surface area contributed by atoms with Crippen LogP contribution in [0.4, 0.5) is 8.78 Å². The lowest BCUT2D eigenvalue weighted by atomic mass is 9.63. The highest BCUT2D eigenvalue weighted by Crippen LogP contribution is 2.49. The highest BCUT2D eigenvalue weighted by molar-refractivity contribution is 5.76. The molecule has 6 N–H and O–H groups in total. The number of nitrogens with two attached hydrogens (primary N) is 3. The predicted molar refractivity (Wildman–Crippen MR) is 113 cm³/mol.